The summed E-state index contributed by atoms with van der Waals surface area (Å²) in [6, 6.07) is 10.2. The van der Waals surface area contributed by atoms with Crippen molar-refractivity contribution in [1.82, 2.24) is 10.2 Å². The van der Waals surface area contributed by atoms with Crippen molar-refractivity contribution in [3.8, 4) is 11.5 Å². The maximum atomic E-state index is 12.7. The van der Waals surface area contributed by atoms with Crippen LogP contribution in [0.15, 0.2) is 47.4 Å². The molecule has 2 aromatic rings. The number of ether oxygens (including phenoxy) is 3. The van der Waals surface area contributed by atoms with Gasteiger partial charge in [0.25, 0.3) is 11.8 Å². The summed E-state index contributed by atoms with van der Waals surface area (Å²) in [4.78, 5) is 26.7. The van der Waals surface area contributed by atoms with Crippen LogP contribution < -0.4 is 19.9 Å². The standard InChI is InChI=1S/C22H27N3O7S/c1-15(16-3-6-18(7-4-16)33(23,28)29)24-22(27)17-5-8-19(20(13-17)30-2)32-14-21(26)25-9-11-31-12-10-25/h3-8,13,15H,9-12,14H2,1-2H3,(H,24,27)(H2,23,28,29)/t15-/m1/s1. The molecule has 178 valence electrons. The van der Waals surface area contributed by atoms with Crippen LogP contribution in [-0.4, -0.2) is 65.2 Å². The van der Waals surface area contributed by atoms with Crippen LogP contribution in [0.1, 0.15) is 28.9 Å². The van der Waals surface area contributed by atoms with E-state index in [9.17, 15) is 18.0 Å². The number of hydrogen-bond acceptors (Lipinski definition) is 7. The van der Waals surface area contributed by atoms with Crippen molar-refractivity contribution in [3.05, 3.63) is 53.6 Å². The first-order chi connectivity index (χ1) is 15.7. The molecule has 1 aliphatic rings. The Labute approximate surface area is 192 Å². The zero-order valence-electron chi connectivity index (χ0n) is 18.4. The lowest BCUT2D eigenvalue weighted by Gasteiger charge is -2.26. The van der Waals surface area contributed by atoms with Gasteiger partial charge in [-0.05, 0) is 42.8 Å². The molecule has 1 atom stereocenters. The zero-order chi connectivity index (χ0) is 24.0. The molecule has 2 aromatic carbocycles. The normalized spacial score (nSPS) is 14.9. The summed E-state index contributed by atoms with van der Waals surface area (Å²) in [5.41, 5.74) is 1.05. The minimum atomic E-state index is -3.78. The number of rotatable bonds is 8. The fourth-order valence-corrected chi connectivity index (χ4v) is 3.80. The second-order valence-corrected chi connectivity index (χ2v) is 9.02. The van der Waals surface area contributed by atoms with Crippen LogP contribution in [0.2, 0.25) is 0 Å². The number of carbonyl (C=O) groups excluding carboxylic acids is 2. The van der Waals surface area contributed by atoms with E-state index >= 15 is 0 Å². The lowest BCUT2D eigenvalue weighted by molar-refractivity contribution is -0.137. The van der Waals surface area contributed by atoms with Crippen molar-refractivity contribution in [1.29, 1.82) is 0 Å². The van der Waals surface area contributed by atoms with E-state index in [1.165, 1.54) is 25.3 Å². The SMILES string of the molecule is COc1cc(C(=O)N[C@H](C)c2ccc(S(N)(=O)=O)cc2)ccc1OCC(=O)N1CCOCC1. The predicted octanol–water partition coefficient (Wildman–Crippen LogP) is 1.07. The second-order valence-electron chi connectivity index (χ2n) is 7.46. The zero-order valence-corrected chi connectivity index (χ0v) is 19.3. The molecule has 0 saturated carbocycles. The van der Waals surface area contributed by atoms with Gasteiger partial charge in [0.2, 0.25) is 10.0 Å². The Hall–Kier alpha value is -3.15. The van der Waals surface area contributed by atoms with E-state index in [4.69, 9.17) is 19.3 Å². The molecule has 1 aliphatic heterocycles. The highest BCUT2D eigenvalue weighted by Crippen LogP contribution is 2.28. The maximum Gasteiger partial charge on any atom is 0.260 e. The molecule has 11 heteroatoms. The molecule has 0 unspecified atom stereocenters. The van der Waals surface area contributed by atoms with E-state index < -0.39 is 10.0 Å². The first kappa shape index (κ1) is 24.5. The topological polar surface area (TPSA) is 137 Å². The lowest BCUT2D eigenvalue weighted by Crippen LogP contribution is -2.43. The van der Waals surface area contributed by atoms with Crippen LogP contribution in [0.3, 0.4) is 0 Å². The van der Waals surface area contributed by atoms with Crippen LogP contribution in [0.4, 0.5) is 0 Å². The van der Waals surface area contributed by atoms with Gasteiger partial charge in [-0.3, -0.25) is 9.59 Å². The fraction of sp³-hybridized carbons (Fsp3) is 0.364. The Balaban J connectivity index is 1.62. The maximum absolute atomic E-state index is 12.7. The van der Waals surface area contributed by atoms with E-state index in [-0.39, 0.29) is 29.4 Å². The Morgan fingerprint density at radius 1 is 1.12 bits per heavy atom. The van der Waals surface area contributed by atoms with Crippen molar-refractivity contribution in [2.24, 2.45) is 5.14 Å². The molecule has 0 aliphatic carbocycles. The molecule has 1 fully saturated rings. The molecule has 10 nitrogen and oxygen atoms in total. The molecule has 0 spiro atoms. The quantitative estimate of drug-likeness (QED) is 0.580. The summed E-state index contributed by atoms with van der Waals surface area (Å²) in [5.74, 6) is 0.168. The third-order valence-electron chi connectivity index (χ3n) is 5.20. The van der Waals surface area contributed by atoms with E-state index in [0.29, 0.717) is 48.9 Å². The lowest BCUT2D eigenvalue weighted by atomic mass is 10.1. The van der Waals surface area contributed by atoms with Crippen LogP contribution in [0.25, 0.3) is 0 Å². The first-order valence-corrected chi connectivity index (χ1v) is 11.8. The number of primary sulfonamides is 1. The van der Waals surface area contributed by atoms with Crippen LogP contribution in [-0.2, 0) is 19.6 Å². The number of methoxy groups -OCH3 is 1. The summed E-state index contributed by atoms with van der Waals surface area (Å²) >= 11 is 0. The summed E-state index contributed by atoms with van der Waals surface area (Å²) < 4.78 is 39.0. The number of nitrogens with one attached hydrogen (secondary N) is 1. The molecule has 0 bridgehead atoms. The highest BCUT2D eigenvalue weighted by Gasteiger charge is 2.19. The van der Waals surface area contributed by atoms with Crippen molar-refractivity contribution in [2.75, 3.05) is 40.0 Å². The Morgan fingerprint density at radius 2 is 1.79 bits per heavy atom. The average Bonchev–Trinajstić information content (AvgIpc) is 2.82. The Kier molecular flexibility index (Phi) is 7.90. The van der Waals surface area contributed by atoms with Gasteiger partial charge in [-0.15, -0.1) is 0 Å². The van der Waals surface area contributed by atoms with Crippen molar-refractivity contribution >= 4 is 21.8 Å². The third kappa shape index (κ3) is 6.44. The van der Waals surface area contributed by atoms with E-state index in [2.05, 4.69) is 5.32 Å². The van der Waals surface area contributed by atoms with Gasteiger partial charge >= 0.3 is 0 Å². The highest BCUT2D eigenvalue weighted by atomic mass is 32.2. The molecule has 2 amide bonds. The monoisotopic (exact) mass is 477 g/mol. The predicted molar refractivity (Wildman–Crippen MR) is 120 cm³/mol. The summed E-state index contributed by atoms with van der Waals surface area (Å²) in [6.07, 6.45) is 0. The van der Waals surface area contributed by atoms with Crippen molar-refractivity contribution in [2.45, 2.75) is 17.9 Å². The molecular weight excluding hydrogens is 450 g/mol. The number of carbonyl (C=O) groups is 2. The first-order valence-electron chi connectivity index (χ1n) is 10.3. The number of hydrogen-bond donors (Lipinski definition) is 2. The molecular formula is C22H27N3O7S. The average molecular weight is 478 g/mol. The van der Waals surface area contributed by atoms with Gasteiger partial charge in [0, 0.05) is 18.7 Å². The number of nitrogens with zero attached hydrogens (tertiary/aromatic N) is 1. The number of sulfonamides is 1. The van der Waals surface area contributed by atoms with Gasteiger partial charge < -0.3 is 24.4 Å². The number of nitrogens with two attached hydrogens (primary N) is 1. The summed E-state index contributed by atoms with van der Waals surface area (Å²) in [6.45, 7) is 3.70. The van der Waals surface area contributed by atoms with E-state index in [0.717, 1.165) is 0 Å². The van der Waals surface area contributed by atoms with Crippen molar-refractivity contribution < 1.29 is 32.2 Å². The van der Waals surface area contributed by atoms with Gasteiger partial charge in [0.05, 0.1) is 31.3 Å². The van der Waals surface area contributed by atoms with Gasteiger partial charge in [-0.25, -0.2) is 13.6 Å². The molecule has 1 heterocycles. The van der Waals surface area contributed by atoms with Gasteiger partial charge in [0.1, 0.15) is 0 Å². The highest BCUT2D eigenvalue weighted by molar-refractivity contribution is 7.89. The Morgan fingerprint density at radius 3 is 2.39 bits per heavy atom. The fourth-order valence-electron chi connectivity index (χ4n) is 3.28. The number of benzene rings is 2. The van der Waals surface area contributed by atoms with Crippen LogP contribution in [0.5, 0.6) is 11.5 Å². The molecule has 3 N–H and O–H groups in total. The van der Waals surface area contributed by atoms with E-state index in [1.54, 1.807) is 36.1 Å². The van der Waals surface area contributed by atoms with Gasteiger partial charge in [0.15, 0.2) is 18.1 Å². The third-order valence-corrected chi connectivity index (χ3v) is 6.13. The number of morpholine rings is 1. The van der Waals surface area contributed by atoms with Crippen LogP contribution in [0, 0.1) is 0 Å². The van der Waals surface area contributed by atoms with E-state index in [1.807, 2.05) is 0 Å². The molecule has 3 rings (SSSR count). The number of amides is 2. The van der Waals surface area contributed by atoms with Gasteiger partial charge in [-0.2, -0.15) is 0 Å². The Bertz CT molecular complexity index is 1100. The second kappa shape index (κ2) is 10.6. The van der Waals surface area contributed by atoms with Crippen molar-refractivity contribution in [3.63, 3.8) is 0 Å². The largest absolute Gasteiger partial charge is 0.493 e. The minimum Gasteiger partial charge on any atom is -0.493 e. The molecule has 33 heavy (non-hydrogen) atoms. The smallest absolute Gasteiger partial charge is 0.260 e. The minimum absolute atomic E-state index is 0.00259. The van der Waals surface area contributed by atoms with Gasteiger partial charge in [-0.1, -0.05) is 12.1 Å². The molecule has 1 saturated heterocycles. The summed E-state index contributed by atoms with van der Waals surface area (Å²) in [7, 11) is -2.33. The summed E-state index contributed by atoms with van der Waals surface area (Å²) in [5, 5.41) is 7.96. The molecule has 0 radical (unpaired) electrons. The molecule has 0 aromatic heterocycles. The van der Waals surface area contributed by atoms with Crippen LogP contribution >= 0.6 is 0 Å².